The Bertz CT molecular complexity index is 377. The molecule has 0 aliphatic heterocycles. The molecule has 96 valence electrons. The molecule has 0 aromatic rings. The minimum Gasteiger partial charge on any atom is -0.295 e. The average molecular weight is 261 g/mol. The van der Waals surface area contributed by atoms with E-state index >= 15 is 0 Å². The largest absolute Gasteiger partial charge is 0.692 e. The minimum absolute atomic E-state index is 0.0375. The topological polar surface area (TPSA) is 91.7 Å². The van der Waals surface area contributed by atoms with Crippen molar-refractivity contribution in [1.29, 1.82) is 0 Å². The van der Waals surface area contributed by atoms with Crippen molar-refractivity contribution < 1.29 is 23.9 Å². The summed E-state index contributed by atoms with van der Waals surface area (Å²) in [5.74, 6) is 0.167. The van der Waals surface area contributed by atoms with Crippen LogP contribution in [0.1, 0.15) is 40.5 Å². The highest BCUT2D eigenvalue weighted by Crippen LogP contribution is 2.38. The van der Waals surface area contributed by atoms with Gasteiger partial charge in [-0.2, -0.15) is 0 Å². The molecule has 6 heteroatoms. The highest BCUT2D eigenvalue weighted by molar-refractivity contribution is 7.30. The summed E-state index contributed by atoms with van der Waals surface area (Å²) in [5.41, 5.74) is 1.27. The monoisotopic (exact) mass is 261 g/mol. The van der Waals surface area contributed by atoms with Crippen molar-refractivity contribution in [2.75, 3.05) is 0 Å². The van der Waals surface area contributed by atoms with Gasteiger partial charge in [0.1, 0.15) is 0 Å². The number of carbonyl (C=O) groups is 2. The van der Waals surface area contributed by atoms with Crippen molar-refractivity contribution in [3.63, 3.8) is 0 Å². The standard InChI is InChI=1S/C11H16O2.HO3P/c1-7-9(13)5-6-11(3,4)10(7)8(2)12;1-4(2)3/h5-6H2,1-4H3;(H-,1,2,3)/p+1. The zero-order valence-electron chi connectivity index (χ0n) is 10.5. The normalized spacial score (nSPS) is 18.4. The third kappa shape index (κ3) is 4.86. The van der Waals surface area contributed by atoms with Crippen molar-refractivity contribution in [2.24, 2.45) is 5.41 Å². The summed E-state index contributed by atoms with van der Waals surface area (Å²) < 4.78 is 8.70. The van der Waals surface area contributed by atoms with E-state index < -0.39 is 8.25 Å². The Balaban J connectivity index is 0.000000557. The zero-order chi connectivity index (χ0) is 13.8. The van der Waals surface area contributed by atoms with Crippen LogP contribution in [-0.4, -0.2) is 21.4 Å². The summed E-state index contributed by atoms with van der Waals surface area (Å²) in [6, 6.07) is 0. The molecule has 0 spiro atoms. The molecule has 1 aliphatic rings. The van der Waals surface area contributed by atoms with Gasteiger partial charge in [-0.3, -0.25) is 9.59 Å². The van der Waals surface area contributed by atoms with Gasteiger partial charge in [-0.1, -0.05) is 13.8 Å². The molecular weight excluding hydrogens is 243 g/mol. The predicted octanol–water partition coefficient (Wildman–Crippen LogP) is 1.91. The summed E-state index contributed by atoms with van der Waals surface area (Å²) in [6.45, 7) is 7.36. The minimum atomic E-state index is -2.87. The van der Waals surface area contributed by atoms with Gasteiger partial charge in [0.15, 0.2) is 11.6 Å². The van der Waals surface area contributed by atoms with E-state index in [-0.39, 0.29) is 17.0 Å². The third-order valence-corrected chi connectivity index (χ3v) is 2.80. The van der Waals surface area contributed by atoms with Gasteiger partial charge in [0.2, 0.25) is 0 Å². The molecule has 2 N–H and O–H groups in total. The van der Waals surface area contributed by atoms with Crippen LogP contribution in [0.5, 0.6) is 0 Å². The molecular formula is C11H18O5P+. The summed E-state index contributed by atoms with van der Waals surface area (Å²) >= 11 is 0. The average Bonchev–Trinajstić information content (AvgIpc) is 2.10. The van der Waals surface area contributed by atoms with Crippen molar-refractivity contribution in [2.45, 2.75) is 40.5 Å². The fourth-order valence-corrected chi connectivity index (χ4v) is 2.13. The molecule has 0 heterocycles. The molecule has 0 saturated carbocycles. The highest BCUT2D eigenvalue weighted by atomic mass is 31.1. The maximum absolute atomic E-state index is 11.4. The fraction of sp³-hybridized carbons (Fsp3) is 0.636. The van der Waals surface area contributed by atoms with Gasteiger partial charge in [0, 0.05) is 16.6 Å². The lowest BCUT2D eigenvalue weighted by Crippen LogP contribution is -2.28. The molecule has 5 nitrogen and oxygen atoms in total. The third-order valence-electron chi connectivity index (χ3n) is 2.80. The number of Topliss-reactive ketones (excluding diaryl/α,β-unsaturated/α-hetero) is 2. The van der Waals surface area contributed by atoms with Crippen LogP contribution in [0.15, 0.2) is 11.1 Å². The Morgan fingerprint density at radius 3 is 2.06 bits per heavy atom. The first-order chi connectivity index (χ1) is 7.59. The Labute approximate surface area is 101 Å². The van der Waals surface area contributed by atoms with Gasteiger partial charge >= 0.3 is 8.25 Å². The van der Waals surface area contributed by atoms with Gasteiger partial charge in [0.25, 0.3) is 0 Å². The highest BCUT2D eigenvalue weighted by Gasteiger charge is 2.34. The molecule has 0 radical (unpaired) electrons. The van der Waals surface area contributed by atoms with Gasteiger partial charge in [-0.25, -0.2) is 0 Å². The van der Waals surface area contributed by atoms with Crippen LogP contribution >= 0.6 is 8.25 Å². The van der Waals surface area contributed by atoms with Gasteiger partial charge in [-0.05, 0) is 31.3 Å². The van der Waals surface area contributed by atoms with E-state index in [1.165, 1.54) is 0 Å². The van der Waals surface area contributed by atoms with E-state index in [1.807, 2.05) is 13.8 Å². The zero-order valence-corrected chi connectivity index (χ0v) is 11.4. The molecule has 0 aromatic carbocycles. The number of allylic oxidation sites excluding steroid dienone is 2. The Hall–Kier alpha value is -0.900. The lowest BCUT2D eigenvalue weighted by atomic mass is 9.71. The molecule has 17 heavy (non-hydrogen) atoms. The van der Waals surface area contributed by atoms with Crippen LogP contribution in [0.3, 0.4) is 0 Å². The molecule has 0 bridgehead atoms. The van der Waals surface area contributed by atoms with Crippen molar-refractivity contribution in [1.82, 2.24) is 0 Å². The smallest absolute Gasteiger partial charge is 0.295 e. The lowest BCUT2D eigenvalue weighted by Gasteiger charge is -2.31. The number of hydrogen-bond donors (Lipinski definition) is 2. The maximum atomic E-state index is 11.4. The summed E-state index contributed by atoms with van der Waals surface area (Å²) in [5, 5.41) is 0. The fourth-order valence-electron chi connectivity index (χ4n) is 2.13. The summed E-state index contributed by atoms with van der Waals surface area (Å²) in [4.78, 5) is 37.0. The van der Waals surface area contributed by atoms with E-state index in [4.69, 9.17) is 14.4 Å². The number of carbonyl (C=O) groups excluding carboxylic acids is 2. The first-order valence-electron chi connectivity index (χ1n) is 5.20. The maximum Gasteiger partial charge on any atom is 0.692 e. The molecule has 0 saturated heterocycles. The van der Waals surface area contributed by atoms with Crippen LogP contribution in [0.25, 0.3) is 0 Å². The van der Waals surface area contributed by atoms with Gasteiger partial charge < -0.3 is 0 Å². The van der Waals surface area contributed by atoms with Crippen LogP contribution in [0.2, 0.25) is 0 Å². The van der Waals surface area contributed by atoms with E-state index in [1.54, 1.807) is 13.8 Å². The predicted molar refractivity (Wildman–Crippen MR) is 63.4 cm³/mol. The second kappa shape index (κ2) is 6.15. The molecule has 0 amide bonds. The van der Waals surface area contributed by atoms with Crippen molar-refractivity contribution >= 4 is 19.8 Å². The van der Waals surface area contributed by atoms with Crippen LogP contribution in [-0.2, 0) is 14.2 Å². The molecule has 1 aliphatic carbocycles. The van der Waals surface area contributed by atoms with E-state index in [2.05, 4.69) is 0 Å². The number of rotatable bonds is 1. The molecule has 0 fully saturated rings. The Kier molecular flexibility index (Phi) is 5.82. The molecule has 0 unspecified atom stereocenters. The van der Waals surface area contributed by atoms with Crippen LogP contribution < -0.4 is 0 Å². The van der Waals surface area contributed by atoms with Crippen LogP contribution in [0.4, 0.5) is 0 Å². The first kappa shape index (κ1) is 16.1. The van der Waals surface area contributed by atoms with E-state index in [9.17, 15) is 9.59 Å². The Morgan fingerprint density at radius 1 is 1.35 bits per heavy atom. The second-order valence-electron chi connectivity index (χ2n) is 4.62. The molecule has 0 atom stereocenters. The van der Waals surface area contributed by atoms with Crippen molar-refractivity contribution in [3.05, 3.63) is 11.1 Å². The lowest BCUT2D eigenvalue weighted by molar-refractivity contribution is -0.119. The first-order valence-corrected chi connectivity index (χ1v) is 6.36. The molecule has 1 rings (SSSR count). The summed E-state index contributed by atoms with van der Waals surface area (Å²) in [7, 11) is -2.87. The summed E-state index contributed by atoms with van der Waals surface area (Å²) in [6.07, 6.45) is 1.37. The van der Waals surface area contributed by atoms with Crippen LogP contribution in [0, 0.1) is 5.41 Å². The van der Waals surface area contributed by atoms with E-state index in [0.29, 0.717) is 12.0 Å². The quantitative estimate of drug-likeness (QED) is 0.703. The second-order valence-corrected chi connectivity index (χ2v) is 5.12. The SMILES string of the molecule is CC(=O)C1=C(C)C(=O)CCC1(C)C.O=[P+](O)O. The van der Waals surface area contributed by atoms with E-state index in [0.717, 1.165) is 12.0 Å². The Morgan fingerprint density at radius 2 is 1.76 bits per heavy atom. The van der Waals surface area contributed by atoms with Gasteiger partial charge in [-0.15, -0.1) is 9.79 Å². The molecule has 0 aromatic heterocycles. The number of hydrogen-bond acceptors (Lipinski definition) is 3. The van der Waals surface area contributed by atoms with Crippen molar-refractivity contribution in [3.8, 4) is 0 Å². The van der Waals surface area contributed by atoms with Gasteiger partial charge in [0.05, 0.1) is 0 Å². The number of ketones is 2.